The van der Waals surface area contributed by atoms with Crippen molar-refractivity contribution < 1.29 is 4.79 Å². The van der Waals surface area contributed by atoms with Crippen molar-refractivity contribution in [2.75, 3.05) is 11.9 Å². The van der Waals surface area contributed by atoms with Crippen molar-refractivity contribution in [3.63, 3.8) is 0 Å². The van der Waals surface area contributed by atoms with E-state index in [0.717, 1.165) is 17.7 Å². The summed E-state index contributed by atoms with van der Waals surface area (Å²) in [6.45, 7) is 0.538. The summed E-state index contributed by atoms with van der Waals surface area (Å²) < 4.78 is 1.54. The zero-order valence-electron chi connectivity index (χ0n) is 12.7. The standard InChI is InChI=1S/C16H15ClN6O/c17-13-3-1-12(2-4-13)9-10-18-16(24)20-14-5-7-15(8-6-14)23-11-19-21-22-23/h1-8,11H,9-10H2,(H2,18,20,24). The van der Waals surface area contributed by atoms with Gasteiger partial charge in [-0.05, 0) is 58.8 Å². The summed E-state index contributed by atoms with van der Waals surface area (Å²) in [5, 5.41) is 17.3. The van der Waals surface area contributed by atoms with Gasteiger partial charge in [-0.25, -0.2) is 9.48 Å². The quantitative estimate of drug-likeness (QED) is 0.746. The summed E-state index contributed by atoms with van der Waals surface area (Å²) >= 11 is 5.84. The van der Waals surface area contributed by atoms with E-state index in [2.05, 4.69) is 26.2 Å². The average Bonchev–Trinajstić information content (AvgIpc) is 3.12. The van der Waals surface area contributed by atoms with Crippen molar-refractivity contribution in [3.8, 4) is 5.69 Å². The maximum Gasteiger partial charge on any atom is 0.319 e. The maximum absolute atomic E-state index is 11.9. The Bertz CT molecular complexity index is 786. The van der Waals surface area contributed by atoms with Crippen molar-refractivity contribution in [2.24, 2.45) is 0 Å². The summed E-state index contributed by atoms with van der Waals surface area (Å²) in [5.41, 5.74) is 2.62. The highest BCUT2D eigenvalue weighted by molar-refractivity contribution is 6.30. The molecule has 2 N–H and O–H groups in total. The van der Waals surface area contributed by atoms with Crippen LogP contribution in [0.25, 0.3) is 5.69 Å². The summed E-state index contributed by atoms with van der Waals surface area (Å²) in [4.78, 5) is 11.9. The van der Waals surface area contributed by atoms with Gasteiger partial charge in [-0.2, -0.15) is 0 Å². The highest BCUT2D eigenvalue weighted by Crippen LogP contribution is 2.12. The highest BCUT2D eigenvalue weighted by Gasteiger charge is 2.03. The van der Waals surface area contributed by atoms with Crippen molar-refractivity contribution in [1.29, 1.82) is 0 Å². The fourth-order valence-corrected chi connectivity index (χ4v) is 2.25. The SMILES string of the molecule is O=C(NCCc1ccc(Cl)cc1)Nc1ccc(-n2cnnn2)cc1. The molecule has 0 spiro atoms. The smallest absolute Gasteiger partial charge is 0.319 e. The number of aromatic nitrogens is 4. The van der Waals surface area contributed by atoms with Crippen LogP contribution in [-0.4, -0.2) is 32.8 Å². The number of anilines is 1. The maximum atomic E-state index is 11.9. The number of urea groups is 1. The van der Waals surface area contributed by atoms with E-state index in [0.29, 0.717) is 17.3 Å². The van der Waals surface area contributed by atoms with Crippen molar-refractivity contribution >= 4 is 23.3 Å². The van der Waals surface area contributed by atoms with Crippen LogP contribution in [0.4, 0.5) is 10.5 Å². The first-order valence-electron chi connectivity index (χ1n) is 7.33. The summed E-state index contributed by atoms with van der Waals surface area (Å²) in [6, 6.07) is 14.5. The molecule has 0 radical (unpaired) electrons. The first-order chi connectivity index (χ1) is 11.7. The summed E-state index contributed by atoms with van der Waals surface area (Å²) in [6.07, 6.45) is 2.24. The third-order valence-electron chi connectivity index (χ3n) is 3.35. The number of tetrazole rings is 1. The van der Waals surface area contributed by atoms with Gasteiger partial charge in [0.2, 0.25) is 0 Å². The van der Waals surface area contributed by atoms with E-state index in [1.54, 1.807) is 12.1 Å². The van der Waals surface area contributed by atoms with E-state index in [1.807, 2.05) is 36.4 Å². The Hall–Kier alpha value is -2.93. The van der Waals surface area contributed by atoms with Crippen LogP contribution in [0.2, 0.25) is 5.02 Å². The largest absolute Gasteiger partial charge is 0.338 e. The van der Waals surface area contributed by atoms with Gasteiger partial charge in [-0.3, -0.25) is 0 Å². The van der Waals surface area contributed by atoms with Crippen LogP contribution < -0.4 is 10.6 Å². The molecular formula is C16H15ClN6O. The van der Waals surface area contributed by atoms with E-state index in [-0.39, 0.29) is 6.03 Å². The lowest BCUT2D eigenvalue weighted by atomic mass is 10.1. The average molecular weight is 343 g/mol. The predicted octanol–water partition coefficient (Wildman–Crippen LogP) is 2.68. The van der Waals surface area contributed by atoms with Crippen LogP contribution in [-0.2, 0) is 6.42 Å². The number of halogens is 1. The van der Waals surface area contributed by atoms with Gasteiger partial charge in [0.25, 0.3) is 0 Å². The topological polar surface area (TPSA) is 84.7 Å². The lowest BCUT2D eigenvalue weighted by molar-refractivity contribution is 0.252. The second kappa shape index (κ2) is 7.56. The van der Waals surface area contributed by atoms with Crippen molar-refractivity contribution in [3.05, 3.63) is 65.4 Å². The Labute approximate surface area is 143 Å². The number of carbonyl (C=O) groups excluding carboxylic acids is 1. The fraction of sp³-hybridized carbons (Fsp3) is 0.125. The number of carbonyl (C=O) groups is 1. The van der Waals surface area contributed by atoms with E-state index >= 15 is 0 Å². The molecule has 0 aliphatic rings. The van der Waals surface area contributed by atoms with Gasteiger partial charge in [0.15, 0.2) is 0 Å². The molecule has 8 heteroatoms. The lowest BCUT2D eigenvalue weighted by Gasteiger charge is -2.08. The van der Waals surface area contributed by atoms with Crippen LogP contribution in [0.15, 0.2) is 54.9 Å². The zero-order chi connectivity index (χ0) is 16.8. The molecule has 0 aliphatic carbocycles. The third-order valence-corrected chi connectivity index (χ3v) is 3.60. The first kappa shape index (κ1) is 15.9. The summed E-state index contributed by atoms with van der Waals surface area (Å²) in [7, 11) is 0. The highest BCUT2D eigenvalue weighted by atomic mass is 35.5. The molecule has 0 saturated carbocycles. The minimum atomic E-state index is -0.251. The Morgan fingerprint density at radius 2 is 1.83 bits per heavy atom. The molecule has 1 heterocycles. The minimum absolute atomic E-state index is 0.251. The van der Waals surface area contributed by atoms with E-state index in [4.69, 9.17) is 11.6 Å². The van der Waals surface area contributed by atoms with Crippen LogP contribution in [0.5, 0.6) is 0 Å². The van der Waals surface area contributed by atoms with Crippen LogP contribution in [0.1, 0.15) is 5.56 Å². The van der Waals surface area contributed by atoms with Gasteiger partial charge in [0, 0.05) is 17.3 Å². The number of benzene rings is 2. The van der Waals surface area contributed by atoms with Crippen molar-refractivity contribution in [1.82, 2.24) is 25.5 Å². The Kier molecular flexibility index (Phi) is 5.02. The molecular weight excluding hydrogens is 328 g/mol. The molecule has 0 saturated heterocycles. The van der Waals surface area contributed by atoms with Gasteiger partial charge in [-0.1, -0.05) is 23.7 Å². The number of hydrogen-bond acceptors (Lipinski definition) is 4. The van der Waals surface area contributed by atoms with E-state index < -0.39 is 0 Å². The molecule has 3 aromatic rings. The van der Waals surface area contributed by atoms with Crippen LogP contribution in [0.3, 0.4) is 0 Å². The third kappa shape index (κ3) is 4.30. The molecule has 0 atom stereocenters. The Balaban J connectivity index is 1.47. The fourth-order valence-electron chi connectivity index (χ4n) is 2.12. The number of rotatable bonds is 5. The van der Waals surface area contributed by atoms with Crippen molar-refractivity contribution in [2.45, 2.75) is 6.42 Å². The lowest BCUT2D eigenvalue weighted by Crippen LogP contribution is -2.30. The Morgan fingerprint density at radius 3 is 2.50 bits per heavy atom. The second-order valence-electron chi connectivity index (χ2n) is 5.06. The number of amides is 2. The van der Waals surface area contributed by atoms with Crippen LogP contribution in [0, 0.1) is 0 Å². The molecule has 0 unspecified atom stereocenters. The molecule has 3 rings (SSSR count). The van der Waals surface area contributed by atoms with Gasteiger partial charge >= 0.3 is 6.03 Å². The van der Waals surface area contributed by atoms with Gasteiger partial charge < -0.3 is 10.6 Å². The second-order valence-corrected chi connectivity index (χ2v) is 5.50. The Morgan fingerprint density at radius 1 is 1.08 bits per heavy atom. The monoisotopic (exact) mass is 342 g/mol. The van der Waals surface area contributed by atoms with Gasteiger partial charge in [0.1, 0.15) is 6.33 Å². The van der Waals surface area contributed by atoms with Gasteiger partial charge in [-0.15, -0.1) is 5.10 Å². The molecule has 2 aromatic carbocycles. The molecule has 2 amide bonds. The normalized spacial score (nSPS) is 10.4. The van der Waals surface area contributed by atoms with E-state index in [9.17, 15) is 4.79 Å². The first-order valence-corrected chi connectivity index (χ1v) is 7.71. The van der Waals surface area contributed by atoms with E-state index in [1.165, 1.54) is 11.0 Å². The molecule has 1 aromatic heterocycles. The number of nitrogens with zero attached hydrogens (tertiary/aromatic N) is 4. The molecule has 122 valence electrons. The van der Waals surface area contributed by atoms with Gasteiger partial charge in [0.05, 0.1) is 5.69 Å². The molecule has 0 fully saturated rings. The predicted molar refractivity (Wildman–Crippen MR) is 91.3 cm³/mol. The molecule has 0 bridgehead atoms. The van der Waals surface area contributed by atoms with Crippen LogP contribution >= 0.6 is 11.6 Å². The zero-order valence-corrected chi connectivity index (χ0v) is 13.4. The molecule has 24 heavy (non-hydrogen) atoms. The molecule has 0 aliphatic heterocycles. The summed E-state index contributed by atoms with van der Waals surface area (Å²) in [5.74, 6) is 0. The minimum Gasteiger partial charge on any atom is -0.338 e. The number of nitrogens with one attached hydrogen (secondary N) is 2. The molecule has 7 nitrogen and oxygen atoms in total. The number of hydrogen-bond donors (Lipinski definition) is 2.